The van der Waals surface area contributed by atoms with Crippen LogP contribution in [0.15, 0.2) is 24.3 Å². The van der Waals surface area contributed by atoms with Gasteiger partial charge in [0.1, 0.15) is 0 Å². The SMILES string of the molecule is CC(C(=O)O)S(=O)(=O)Nc1ccc(N)cc1. The number of benzene rings is 1. The summed E-state index contributed by atoms with van der Waals surface area (Å²) >= 11 is 0. The van der Waals surface area contributed by atoms with Gasteiger partial charge < -0.3 is 10.8 Å². The van der Waals surface area contributed by atoms with Crippen molar-refractivity contribution in [1.82, 2.24) is 0 Å². The van der Waals surface area contributed by atoms with E-state index in [1.54, 1.807) is 0 Å². The Labute approximate surface area is 93.1 Å². The average Bonchev–Trinajstić information content (AvgIpc) is 2.20. The molecule has 1 unspecified atom stereocenters. The topological polar surface area (TPSA) is 109 Å². The molecule has 0 heterocycles. The fourth-order valence-electron chi connectivity index (χ4n) is 0.937. The van der Waals surface area contributed by atoms with Gasteiger partial charge in [0.15, 0.2) is 5.25 Å². The predicted octanol–water partition coefficient (Wildman–Crippen LogP) is 0.484. The molecule has 7 heteroatoms. The van der Waals surface area contributed by atoms with Crippen molar-refractivity contribution in [1.29, 1.82) is 0 Å². The van der Waals surface area contributed by atoms with Gasteiger partial charge in [0, 0.05) is 11.4 Å². The Morgan fingerprint density at radius 3 is 2.31 bits per heavy atom. The predicted molar refractivity (Wildman–Crippen MR) is 60.5 cm³/mol. The van der Waals surface area contributed by atoms with Gasteiger partial charge >= 0.3 is 5.97 Å². The summed E-state index contributed by atoms with van der Waals surface area (Å²) in [4.78, 5) is 10.6. The molecule has 6 nitrogen and oxygen atoms in total. The maximum atomic E-state index is 11.5. The van der Waals surface area contributed by atoms with Gasteiger partial charge in [-0.15, -0.1) is 0 Å². The minimum absolute atomic E-state index is 0.280. The molecule has 1 rings (SSSR count). The molecule has 0 amide bonds. The van der Waals surface area contributed by atoms with Crippen molar-refractivity contribution in [2.24, 2.45) is 0 Å². The first kappa shape index (κ1) is 12.3. The third kappa shape index (κ3) is 2.86. The van der Waals surface area contributed by atoms with Crippen molar-refractivity contribution < 1.29 is 18.3 Å². The zero-order valence-corrected chi connectivity index (χ0v) is 9.36. The zero-order valence-electron chi connectivity index (χ0n) is 8.54. The maximum absolute atomic E-state index is 11.5. The van der Waals surface area contributed by atoms with E-state index in [0.29, 0.717) is 5.69 Å². The molecule has 0 bridgehead atoms. The molecule has 0 aliphatic rings. The lowest BCUT2D eigenvalue weighted by atomic mass is 10.3. The van der Waals surface area contributed by atoms with Gasteiger partial charge in [-0.05, 0) is 31.2 Å². The number of carboxylic acids is 1. The second kappa shape index (κ2) is 4.40. The largest absolute Gasteiger partial charge is 0.480 e. The van der Waals surface area contributed by atoms with Crippen LogP contribution in [0.3, 0.4) is 0 Å². The van der Waals surface area contributed by atoms with E-state index < -0.39 is 21.2 Å². The Kier molecular flexibility index (Phi) is 3.38. The molecule has 0 aliphatic carbocycles. The summed E-state index contributed by atoms with van der Waals surface area (Å²) in [5.41, 5.74) is 6.20. The van der Waals surface area contributed by atoms with Crippen molar-refractivity contribution in [3.8, 4) is 0 Å². The van der Waals surface area contributed by atoms with Crippen LogP contribution in [0, 0.1) is 0 Å². The highest BCUT2D eigenvalue weighted by molar-refractivity contribution is 7.94. The number of sulfonamides is 1. The van der Waals surface area contributed by atoms with E-state index in [4.69, 9.17) is 10.8 Å². The molecule has 4 N–H and O–H groups in total. The molecule has 1 aromatic carbocycles. The Morgan fingerprint density at radius 1 is 1.38 bits per heavy atom. The number of anilines is 2. The Bertz CT molecular complexity index is 481. The molecular formula is C9H12N2O4S. The summed E-state index contributed by atoms with van der Waals surface area (Å²) in [5, 5.41) is 7.09. The van der Waals surface area contributed by atoms with Crippen LogP contribution in [0.25, 0.3) is 0 Å². The maximum Gasteiger partial charge on any atom is 0.323 e. The van der Waals surface area contributed by atoms with E-state index >= 15 is 0 Å². The van der Waals surface area contributed by atoms with Crippen LogP contribution in [0.5, 0.6) is 0 Å². The number of nitrogen functional groups attached to an aromatic ring is 1. The van der Waals surface area contributed by atoms with Crippen molar-refractivity contribution >= 4 is 27.4 Å². The third-order valence-corrected chi connectivity index (χ3v) is 3.64. The smallest absolute Gasteiger partial charge is 0.323 e. The summed E-state index contributed by atoms with van der Waals surface area (Å²) < 4.78 is 25.2. The number of rotatable bonds is 4. The number of carbonyl (C=O) groups is 1. The lowest BCUT2D eigenvalue weighted by Gasteiger charge is -2.11. The summed E-state index contributed by atoms with van der Waals surface area (Å²) in [6.45, 7) is 1.10. The van der Waals surface area contributed by atoms with E-state index in [1.807, 2.05) is 0 Å². The van der Waals surface area contributed by atoms with E-state index in [1.165, 1.54) is 24.3 Å². The van der Waals surface area contributed by atoms with Gasteiger partial charge in [0.05, 0.1) is 0 Å². The number of hydrogen-bond donors (Lipinski definition) is 3. The second-order valence-electron chi connectivity index (χ2n) is 3.25. The average molecular weight is 244 g/mol. The van der Waals surface area contributed by atoms with Crippen LogP contribution in [0.1, 0.15) is 6.92 Å². The van der Waals surface area contributed by atoms with Crippen LogP contribution >= 0.6 is 0 Å². The Hall–Kier alpha value is -1.76. The standard InChI is InChI=1S/C9H12N2O4S/c1-6(9(12)13)16(14,15)11-8-4-2-7(10)3-5-8/h2-6,11H,10H2,1H3,(H,12,13). The van der Waals surface area contributed by atoms with Crippen LogP contribution < -0.4 is 10.5 Å². The van der Waals surface area contributed by atoms with Crippen LogP contribution in [0.4, 0.5) is 11.4 Å². The minimum atomic E-state index is -3.92. The summed E-state index contributed by atoms with van der Waals surface area (Å²) in [6.07, 6.45) is 0. The van der Waals surface area contributed by atoms with Gasteiger partial charge in [0.2, 0.25) is 10.0 Å². The van der Waals surface area contributed by atoms with E-state index in [9.17, 15) is 13.2 Å². The molecule has 0 aromatic heterocycles. The van der Waals surface area contributed by atoms with E-state index in [2.05, 4.69) is 4.72 Å². The highest BCUT2D eigenvalue weighted by atomic mass is 32.2. The van der Waals surface area contributed by atoms with Crippen LogP contribution in [0.2, 0.25) is 0 Å². The van der Waals surface area contributed by atoms with Crippen molar-refractivity contribution in [2.75, 3.05) is 10.5 Å². The van der Waals surface area contributed by atoms with E-state index in [0.717, 1.165) is 6.92 Å². The Balaban J connectivity index is 2.89. The lowest BCUT2D eigenvalue weighted by Crippen LogP contribution is -2.32. The fourth-order valence-corrected chi connectivity index (χ4v) is 1.84. The molecule has 16 heavy (non-hydrogen) atoms. The lowest BCUT2D eigenvalue weighted by molar-refractivity contribution is -0.136. The number of hydrogen-bond acceptors (Lipinski definition) is 4. The first-order valence-corrected chi connectivity index (χ1v) is 5.97. The second-order valence-corrected chi connectivity index (χ2v) is 5.25. The number of carboxylic acid groups (broad SMARTS) is 1. The number of nitrogens with one attached hydrogen (secondary N) is 1. The number of aliphatic carboxylic acids is 1. The molecule has 1 aromatic rings. The highest BCUT2D eigenvalue weighted by Crippen LogP contribution is 2.14. The molecular weight excluding hydrogens is 232 g/mol. The molecule has 88 valence electrons. The first-order valence-electron chi connectivity index (χ1n) is 4.43. The van der Waals surface area contributed by atoms with Crippen LogP contribution in [-0.4, -0.2) is 24.7 Å². The summed E-state index contributed by atoms with van der Waals surface area (Å²) in [7, 11) is -3.92. The van der Waals surface area contributed by atoms with Crippen molar-refractivity contribution in [2.45, 2.75) is 12.2 Å². The van der Waals surface area contributed by atoms with Gasteiger partial charge in [-0.2, -0.15) is 0 Å². The zero-order chi connectivity index (χ0) is 12.3. The molecule has 0 radical (unpaired) electrons. The van der Waals surface area contributed by atoms with Gasteiger partial charge in [-0.25, -0.2) is 8.42 Å². The monoisotopic (exact) mass is 244 g/mol. The summed E-state index contributed by atoms with van der Waals surface area (Å²) in [5.74, 6) is -1.40. The molecule has 0 saturated carbocycles. The minimum Gasteiger partial charge on any atom is -0.480 e. The van der Waals surface area contributed by atoms with Crippen molar-refractivity contribution in [3.05, 3.63) is 24.3 Å². The van der Waals surface area contributed by atoms with Crippen molar-refractivity contribution in [3.63, 3.8) is 0 Å². The molecule has 0 spiro atoms. The normalized spacial score (nSPS) is 13.1. The number of nitrogens with two attached hydrogens (primary N) is 1. The van der Waals surface area contributed by atoms with E-state index in [-0.39, 0.29) is 5.69 Å². The van der Waals surface area contributed by atoms with Gasteiger partial charge in [0.25, 0.3) is 0 Å². The van der Waals surface area contributed by atoms with Gasteiger partial charge in [-0.3, -0.25) is 9.52 Å². The van der Waals surface area contributed by atoms with Gasteiger partial charge in [-0.1, -0.05) is 0 Å². The fraction of sp³-hybridized carbons (Fsp3) is 0.222. The third-order valence-electron chi connectivity index (χ3n) is 1.98. The molecule has 1 atom stereocenters. The Morgan fingerprint density at radius 2 is 1.88 bits per heavy atom. The highest BCUT2D eigenvalue weighted by Gasteiger charge is 2.27. The molecule has 0 fully saturated rings. The van der Waals surface area contributed by atoms with Crippen LogP contribution in [-0.2, 0) is 14.8 Å². The first-order chi connectivity index (χ1) is 7.33. The molecule has 0 saturated heterocycles. The quantitative estimate of drug-likeness (QED) is 0.667. The summed E-state index contributed by atoms with van der Waals surface area (Å²) in [6, 6.07) is 5.95. The molecule has 0 aliphatic heterocycles.